The summed E-state index contributed by atoms with van der Waals surface area (Å²) in [7, 11) is 0. The summed E-state index contributed by atoms with van der Waals surface area (Å²) >= 11 is 0. The standard InChI is InChI=1S/C16H21FO3/c17-14-4-2-1-3-13(14)15(18)12-5-8-20-16(11-12)6-9-19-10-7-16/h1-4,12,15,18H,5-11H2. The van der Waals surface area contributed by atoms with E-state index >= 15 is 0 Å². The lowest BCUT2D eigenvalue weighted by Gasteiger charge is -2.44. The molecule has 0 amide bonds. The van der Waals surface area contributed by atoms with E-state index in [0.717, 1.165) is 25.7 Å². The van der Waals surface area contributed by atoms with Crippen molar-refractivity contribution >= 4 is 0 Å². The molecule has 2 aliphatic heterocycles. The first-order valence-corrected chi connectivity index (χ1v) is 7.34. The molecule has 110 valence electrons. The summed E-state index contributed by atoms with van der Waals surface area (Å²) in [6.45, 7) is 2.06. The first-order chi connectivity index (χ1) is 9.70. The van der Waals surface area contributed by atoms with Gasteiger partial charge in [0.2, 0.25) is 0 Å². The van der Waals surface area contributed by atoms with Crippen molar-refractivity contribution in [2.24, 2.45) is 5.92 Å². The number of ether oxygens (including phenoxy) is 2. The Balaban J connectivity index is 1.75. The van der Waals surface area contributed by atoms with Gasteiger partial charge in [0.15, 0.2) is 0 Å². The fourth-order valence-corrected chi connectivity index (χ4v) is 3.40. The SMILES string of the molecule is OC(c1ccccc1F)C1CCOC2(CCOCC2)C1. The molecule has 20 heavy (non-hydrogen) atoms. The molecule has 4 heteroatoms. The second-order valence-electron chi connectivity index (χ2n) is 5.86. The van der Waals surface area contributed by atoms with Crippen molar-refractivity contribution in [3.05, 3.63) is 35.6 Å². The lowest BCUT2D eigenvalue weighted by Crippen LogP contribution is -2.45. The lowest BCUT2D eigenvalue weighted by atomic mass is 9.77. The Morgan fingerprint density at radius 1 is 1.20 bits per heavy atom. The third kappa shape index (κ3) is 2.73. The minimum Gasteiger partial charge on any atom is -0.388 e. The minimum atomic E-state index is -0.750. The largest absolute Gasteiger partial charge is 0.388 e. The van der Waals surface area contributed by atoms with Gasteiger partial charge in [-0.15, -0.1) is 0 Å². The van der Waals surface area contributed by atoms with Gasteiger partial charge < -0.3 is 14.6 Å². The van der Waals surface area contributed by atoms with Crippen molar-refractivity contribution in [3.63, 3.8) is 0 Å². The van der Waals surface area contributed by atoms with Crippen molar-refractivity contribution in [1.82, 2.24) is 0 Å². The Labute approximate surface area is 118 Å². The molecule has 2 unspecified atom stereocenters. The molecule has 1 spiro atoms. The van der Waals surface area contributed by atoms with E-state index in [1.54, 1.807) is 18.2 Å². The maximum atomic E-state index is 13.8. The van der Waals surface area contributed by atoms with Crippen LogP contribution in [0.15, 0.2) is 24.3 Å². The van der Waals surface area contributed by atoms with Gasteiger partial charge in [0, 0.05) is 25.4 Å². The highest BCUT2D eigenvalue weighted by Gasteiger charge is 2.41. The van der Waals surface area contributed by atoms with Crippen molar-refractivity contribution in [2.75, 3.05) is 19.8 Å². The third-order valence-electron chi connectivity index (χ3n) is 4.61. The maximum Gasteiger partial charge on any atom is 0.129 e. The van der Waals surface area contributed by atoms with Gasteiger partial charge in [0.1, 0.15) is 5.82 Å². The van der Waals surface area contributed by atoms with E-state index in [4.69, 9.17) is 9.47 Å². The van der Waals surface area contributed by atoms with Gasteiger partial charge in [-0.2, -0.15) is 0 Å². The van der Waals surface area contributed by atoms with E-state index in [9.17, 15) is 9.50 Å². The van der Waals surface area contributed by atoms with E-state index in [1.165, 1.54) is 6.07 Å². The third-order valence-corrected chi connectivity index (χ3v) is 4.61. The van der Waals surface area contributed by atoms with Crippen LogP contribution in [0.1, 0.15) is 37.4 Å². The monoisotopic (exact) mass is 280 g/mol. The topological polar surface area (TPSA) is 38.7 Å². The average molecular weight is 280 g/mol. The van der Waals surface area contributed by atoms with E-state index < -0.39 is 6.10 Å². The summed E-state index contributed by atoms with van der Waals surface area (Å²) < 4.78 is 25.2. The normalized spacial score (nSPS) is 27.4. The van der Waals surface area contributed by atoms with Gasteiger partial charge in [-0.3, -0.25) is 0 Å². The number of benzene rings is 1. The molecule has 1 aromatic carbocycles. The molecule has 3 rings (SSSR count). The quantitative estimate of drug-likeness (QED) is 0.905. The van der Waals surface area contributed by atoms with Crippen LogP contribution in [0.25, 0.3) is 0 Å². The molecule has 2 heterocycles. The molecule has 2 aliphatic rings. The van der Waals surface area contributed by atoms with Crippen LogP contribution in [0.5, 0.6) is 0 Å². The zero-order chi connectivity index (χ0) is 14.0. The van der Waals surface area contributed by atoms with Gasteiger partial charge in [0.25, 0.3) is 0 Å². The minimum absolute atomic E-state index is 0.0544. The summed E-state index contributed by atoms with van der Waals surface area (Å²) in [4.78, 5) is 0. The Hall–Kier alpha value is -0.970. The number of hydrogen-bond acceptors (Lipinski definition) is 3. The highest BCUT2D eigenvalue weighted by atomic mass is 19.1. The Morgan fingerprint density at radius 3 is 2.70 bits per heavy atom. The molecule has 0 radical (unpaired) electrons. The van der Waals surface area contributed by atoms with Crippen LogP contribution in [0.4, 0.5) is 4.39 Å². The Kier molecular flexibility index (Phi) is 4.06. The molecule has 0 aliphatic carbocycles. The van der Waals surface area contributed by atoms with Crippen LogP contribution < -0.4 is 0 Å². The highest BCUT2D eigenvalue weighted by Crippen LogP contribution is 2.42. The molecule has 0 bridgehead atoms. The van der Waals surface area contributed by atoms with Gasteiger partial charge in [-0.25, -0.2) is 4.39 Å². The maximum absolute atomic E-state index is 13.8. The fraction of sp³-hybridized carbons (Fsp3) is 0.625. The number of aliphatic hydroxyl groups is 1. The number of aliphatic hydroxyl groups excluding tert-OH is 1. The van der Waals surface area contributed by atoms with Crippen LogP contribution in [0, 0.1) is 11.7 Å². The summed E-state index contributed by atoms with van der Waals surface area (Å²) in [5, 5.41) is 10.5. The number of rotatable bonds is 2. The van der Waals surface area contributed by atoms with Crippen LogP contribution in [0.3, 0.4) is 0 Å². The fourth-order valence-electron chi connectivity index (χ4n) is 3.40. The smallest absolute Gasteiger partial charge is 0.129 e. The van der Waals surface area contributed by atoms with Crippen molar-refractivity contribution in [1.29, 1.82) is 0 Å². The molecular weight excluding hydrogens is 259 g/mol. The molecule has 2 saturated heterocycles. The van der Waals surface area contributed by atoms with Gasteiger partial charge in [-0.05, 0) is 37.7 Å². The predicted octanol–water partition coefficient (Wildman–Crippen LogP) is 2.83. The van der Waals surface area contributed by atoms with Crippen LogP contribution >= 0.6 is 0 Å². The van der Waals surface area contributed by atoms with Crippen LogP contribution in [-0.4, -0.2) is 30.5 Å². The molecule has 3 nitrogen and oxygen atoms in total. The molecule has 0 aromatic heterocycles. The molecular formula is C16H21FO3. The molecule has 1 N–H and O–H groups in total. The van der Waals surface area contributed by atoms with Crippen LogP contribution in [-0.2, 0) is 9.47 Å². The van der Waals surface area contributed by atoms with Crippen molar-refractivity contribution in [3.8, 4) is 0 Å². The van der Waals surface area contributed by atoms with E-state index in [2.05, 4.69) is 0 Å². The predicted molar refractivity (Wildman–Crippen MR) is 72.8 cm³/mol. The Morgan fingerprint density at radius 2 is 1.95 bits per heavy atom. The van der Waals surface area contributed by atoms with Crippen LogP contribution in [0.2, 0.25) is 0 Å². The zero-order valence-corrected chi connectivity index (χ0v) is 11.6. The van der Waals surface area contributed by atoms with E-state index in [1.807, 2.05) is 0 Å². The second kappa shape index (κ2) is 5.80. The molecule has 0 saturated carbocycles. The second-order valence-corrected chi connectivity index (χ2v) is 5.86. The summed E-state index contributed by atoms with van der Waals surface area (Å²) in [5.74, 6) is -0.272. The molecule has 1 aromatic rings. The molecule has 2 atom stereocenters. The summed E-state index contributed by atoms with van der Waals surface area (Å²) in [6.07, 6.45) is 2.55. The first kappa shape index (κ1) is 14.0. The van der Waals surface area contributed by atoms with Crippen molar-refractivity contribution < 1.29 is 19.0 Å². The van der Waals surface area contributed by atoms with E-state index in [-0.39, 0.29) is 17.3 Å². The number of hydrogen-bond donors (Lipinski definition) is 1. The highest BCUT2D eigenvalue weighted by molar-refractivity contribution is 5.20. The van der Waals surface area contributed by atoms with E-state index in [0.29, 0.717) is 25.4 Å². The summed E-state index contributed by atoms with van der Waals surface area (Å²) in [5.41, 5.74) is 0.231. The van der Waals surface area contributed by atoms with Gasteiger partial charge in [0.05, 0.1) is 11.7 Å². The van der Waals surface area contributed by atoms with Crippen molar-refractivity contribution in [2.45, 2.75) is 37.4 Å². The van der Waals surface area contributed by atoms with Gasteiger partial charge >= 0.3 is 0 Å². The first-order valence-electron chi connectivity index (χ1n) is 7.34. The molecule has 2 fully saturated rings. The number of halogens is 1. The zero-order valence-electron chi connectivity index (χ0n) is 11.6. The van der Waals surface area contributed by atoms with Gasteiger partial charge in [-0.1, -0.05) is 18.2 Å². The average Bonchev–Trinajstić information content (AvgIpc) is 2.48. The summed E-state index contributed by atoms with van der Waals surface area (Å²) in [6, 6.07) is 6.49. The lowest BCUT2D eigenvalue weighted by molar-refractivity contribution is -0.159. The Bertz CT molecular complexity index is 451.